The van der Waals surface area contributed by atoms with Crippen LogP contribution in [0.25, 0.3) is 0 Å². The van der Waals surface area contributed by atoms with Gasteiger partial charge >= 0.3 is 0 Å². The largest absolute Gasteiger partial charge is 0.376 e. The number of ketones is 1. The second kappa shape index (κ2) is 7.17. The standard InChI is InChI=1S/C16H14ClFO2/c17-15-4-2-1-3-13(15)11-20-10-9-16(19)12-5-7-14(18)8-6-12/h1-8H,9-11H2. The molecule has 0 spiro atoms. The van der Waals surface area contributed by atoms with Gasteiger partial charge in [0.05, 0.1) is 13.2 Å². The fourth-order valence-electron chi connectivity index (χ4n) is 1.74. The summed E-state index contributed by atoms with van der Waals surface area (Å²) in [5.41, 5.74) is 1.39. The molecule has 0 aliphatic carbocycles. The molecule has 0 aliphatic heterocycles. The van der Waals surface area contributed by atoms with Crippen molar-refractivity contribution < 1.29 is 13.9 Å². The first kappa shape index (κ1) is 14.7. The number of benzene rings is 2. The molecule has 0 heterocycles. The highest BCUT2D eigenvalue weighted by Crippen LogP contribution is 2.15. The number of carbonyl (C=O) groups is 1. The first-order valence-electron chi connectivity index (χ1n) is 6.27. The topological polar surface area (TPSA) is 26.3 Å². The number of hydrogen-bond acceptors (Lipinski definition) is 2. The Labute approximate surface area is 122 Å². The van der Waals surface area contributed by atoms with E-state index in [9.17, 15) is 9.18 Å². The first-order chi connectivity index (χ1) is 9.66. The number of carbonyl (C=O) groups excluding carboxylic acids is 1. The lowest BCUT2D eigenvalue weighted by Crippen LogP contribution is -2.05. The highest BCUT2D eigenvalue weighted by atomic mass is 35.5. The predicted octanol–water partition coefficient (Wildman–Crippen LogP) is 4.27. The molecule has 0 radical (unpaired) electrons. The molecule has 104 valence electrons. The summed E-state index contributed by atoms with van der Waals surface area (Å²) in [4.78, 5) is 11.8. The fourth-order valence-corrected chi connectivity index (χ4v) is 1.93. The third-order valence-corrected chi connectivity index (χ3v) is 3.22. The molecular weight excluding hydrogens is 279 g/mol. The molecule has 0 atom stereocenters. The summed E-state index contributed by atoms with van der Waals surface area (Å²) in [6.07, 6.45) is 0.260. The number of hydrogen-bond donors (Lipinski definition) is 0. The van der Waals surface area contributed by atoms with Gasteiger partial charge in [-0.3, -0.25) is 4.79 Å². The number of Topliss-reactive ketones (excluding diaryl/α,β-unsaturated/α-hetero) is 1. The van der Waals surface area contributed by atoms with Crippen LogP contribution in [-0.2, 0) is 11.3 Å². The van der Waals surface area contributed by atoms with Crippen molar-refractivity contribution in [3.63, 3.8) is 0 Å². The Kier molecular flexibility index (Phi) is 5.27. The number of halogens is 2. The van der Waals surface area contributed by atoms with E-state index in [-0.39, 0.29) is 18.0 Å². The molecule has 20 heavy (non-hydrogen) atoms. The zero-order valence-electron chi connectivity index (χ0n) is 10.8. The lowest BCUT2D eigenvalue weighted by atomic mass is 10.1. The summed E-state index contributed by atoms with van der Waals surface area (Å²) in [6, 6.07) is 12.9. The van der Waals surface area contributed by atoms with Crippen molar-refractivity contribution in [1.82, 2.24) is 0 Å². The number of ether oxygens (including phenoxy) is 1. The van der Waals surface area contributed by atoms with Gasteiger partial charge in [0.25, 0.3) is 0 Å². The SMILES string of the molecule is O=C(CCOCc1ccccc1Cl)c1ccc(F)cc1. The van der Waals surface area contributed by atoms with E-state index in [1.54, 1.807) is 6.07 Å². The summed E-state index contributed by atoms with van der Waals surface area (Å²) < 4.78 is 18.2. The smallest absolute Gasteiger partial charge is 0.165 e. The van der Waals surface area contributed by atoms with Crippen molar-refractivity contribution in [2.45, 2.75) is 13.0 Å². The average Bonchev–Trinajstić information content (AvgIpc) is 2.46. The van der Waals surface area contributed by atoms with Crippen LogP contribution in [0.2, 0.25) is 5.02 Å². The van der Waals surface area contributed by atoms with E-state index >= 15 is 0 Å². The Bertz CT molecular complexity index is 581. The Morgan fingerprint density at radius 2 is 1.80 bits per heavy atom. The minimum atomic E-state index is -0.350. The van der Waals surface area contributed by atoms with Crippen molar-refractivity contribution in [3.05, 3.63) is 70.5 Å². The maximum Gasteiger partial charge on any atom is 0.165 e. The third kappa shape index (κ3) is 4.15. The van der Waals surface area contributed by atoms with Gasteiger partial charge in [0.2, 0.25) is 0 Å². The van der Waals surface area contributed by atoms with Crippen molar-refractivity contribution in [2.24, 2.45) is 0 Å². The Morgan fingerprint density at radius 3 is 2.50 bits per heavy atom. The van der Waals surface area contributed by atoms with Gasteiger partial charge in [-0.2, -0.15) is 0 Å². The van der Waals surface area contributed by atoms with E-state index in [2.05, 4.69) is 0 Å². The van der Waals surface area contributed by atoms with E-state index < -0.39 is 0 Å². The zero-order valence-corrected chi connectivity index (χ0v) is 11.6. The molecule has 2 aromatic carbocycles. The van der Waals surface area contributed by atoms with Crippen molar-refractivity contribution in [1.29, 1.82) is 0 Å². The van der Waals surface area contributed by atoms with Gasteiger partial charge < -0.3 is 4.74 Å². The van der Waals surface area contributed by atoms with Gasteiger partial charge in [0.15, 0.2) is 5.78 Å². The van der Waals surface area contributed by atoms with E-state index in [4.69, 9.17) is 16.3 Å². The van der Waals surface area contributed by atoms with E-state index in [0.29, 0.717) is 23.8 Å². The molecule has 0 saturated carbocycles. The average molecular weight is 293 g/mol. The Hall–Kier alpha value is -1.71. The fraction of sp³-hybridized carbons (Fsp3) is 0.188. The Balaban J connectivity index is 1.77. The minimum absolute atomic E-state index is 0.0656. The Morgan fingerprint density at radius 1 is 1.10 bits per heavy atom. The van der Waals surface area contributed by atoms with E-state index in [0.717, 1.165) is 5.56 Å². The summed E-state index contributed by atoms with van der Waals surface area (Å²) in [7, 11) is 0. The van der Waals surface area contributed by atoms with Gasteiger partial charge in [0, 0.05) is 17.0 Å². The van der Waals surface area contributed by atoms with Gasteiger partial charge in [-0.05, 0) is 35.9 Å². The molecule has 0 bridgehead atoms. The van der Waals surface area contributed by atoms with Crippen LogP contribution >= 0.6 is 11.6 Å². The third-order valence-electron chi connectivity index (χ3n) is 2.86. The van der Waals surface area contributed by atoms with Crippen molar-refractivity contribution >= 4 is 17.4 Å². The second-order valence-corrected chi connectivity index (χ2v) is 4.73. The van der Waals surface area contributed by atoms with Crippen LogP contribution in [0.15, 0.2) is 48.5 Å². The van der Waals surface area contributed by atoms with Gasteiger partial charge in [-0.15, -0.1) is 0 Å². The van der Waals surface area contributed by atoms with Crippen LogP contribution in [0.3, 0.4) is 0 Å². The van der Waals surface area contributed by atoms with Crippen LogP contribution in [-0.4, -0.2) is 12.4 Å². The van der Waals surface area contributed by atoms with Crippen LogP contribution in [0.5, 0.6) is 0 Å². The lowest BCUT2D eigenvalue weighted by Gasteiger charge is -2.06. The quantitative estimate of drug-likeness (QED) is 0.587. The summed E-state index contributed by atoms with van der Waals surface area (Å²) >= 11 is 5.99. The van der Waals surface area contributed by atoms with Crippen molar-refractivity contribution in [3.8, 4) is 0 Å². The summed E-state index contributed by atoms with van der Waals surface area (Å²) in [5, 5.41) is 0.650. The maximum atomic E-state index is 12.7. The molecule has 0 amide bonds. The lowest BCUT2D eigenvalue weighted by molar-refractivity contribution is 0.0849. The van der Waals surface area contributed by atoms with Gasteiger partial charge in [-0.25, -0.2) is 4.39 Å². The van der Waals surface area contributed by atoms with Crippen LogP contribution in [0.1, 0.15) is 22.3 Å². The van der Waals surface area contributed by atoms with E-state index in [1.165, 1.54) is 24.3 Å². The molecule has 0 fully saturated rings. The molecule has 0 saturated heterocycles. The van der Waals surface area contributed by atoms with Gasteiger partial charge in [0.1, 0.15) is 5.82 Å². The highest BCUT2D eigenvalue weighted by molar-refractivity contribution is 6.31. The monoisotopic (exact) mass is 292 g/mol. The molecule has 0 unspecified atom stereocenters. The summed E-state index contributed by atoms with van der Waals surface area (Å²) in [6.45, 7) is 0.678. The molecule has 2 aromatic rings. The molecular formula is C16H14ClFO2. The zero-order chi connectivity index (χ0) is 14.4. The van der Waals surface area contributed by atoms with Crippen LogP contribution in [0.4, 0.5) is 4.39 Å². The van der Waals surface area contributed by atoms with Crippen LogP contribution in [0, 0.1) is 5.82 Å². The van der Waals surface area contributed by atoms with Crippen LogP contribution < -0.4 is 0 Å². The highest BCUT2D eigenvalue weighted by Gasteiger charge is 2.06. The first-order valence-corrected chi connectivity index (χ1v) is 6.64. The predicted molar refractivity (Wildman–Crippen MR) is 76.5 cm³/mol. The maximum absolute atomic E-state index is 12.7. The second-order valence-electron chi connectivity index (χ2n) is 4.32. The van der Waals surface area contributed by atoms with Crippen molar-refractivity contribution in [2.75, 3.05) is 6.61 Å². The molecule has 0 aromatic heterocycles. The molecule has 2 nitrogen and oxygen atoms in total. The molecule has 0 N–H and O–H groups in total. The van der Waals surface area contributed by atoms with E-state index in [1.807, 2.05) is 18.2 Å². The van der Waals surface area contributed by atoms with Gasteiger partial charge in [-0.1, -0.05) is 29.8 Å². The molecule has 2 rings (SSSR count). The normalized spacial score (nSPS) is 10.5. The molecule has 0 aliphatic rings. The summed E-state index contributed by atoms with van der Waals surface area (Å²) in [5.74, 6) is -0.416. The number of rotatable bonds is 6. The molecule has 4 heteroatoms. The minimum Gasteiger partial charge on any atom is -0.376 e.